The number of benzene rings is 3. The Balaban J connectivity index is 1.58. The Morgan fingerprint density at radius 1 is 1.00 bits per heavy atom. The number of nitrogens with one attached hydrogen (secondary N) is 2. The molecule has 2 N–H and O–H groups in total. The molecule has 1 heterocycles. The van der Waals surface area contributed by atoms with Gasteiger partial charge in [0.15, 0.2) is 0 Å². The smallest absolute Gasteiger partial charge is 0.262 e. The summed E-state index contributed by atoms with van der Waals surface area (Å²) < 4.78 is 47.3. The minimum absolute atomic E-state index is 0.0399. The zero-order chi connectivity index (χ0) is 22.2. The predicted molar refractivity (Wildman–Crippen MR) is 117 cm³/mol. The lowest BCUT2D eigenvalue weighted by Gasteiger charge is -2.12. The van der Waals surface area contributed by atoms with Crippen LogP contribution in [-0.2, 0) is 10.0 Å². The van der Waals surface area contributed by atoms with Crippen molar-refractivity contribution in [3.63, 3.8) is 0 Å². The Bertz CT molecular complexity index is 1260. The highest BCUT2D eigenvalue weighted by Gasteiger charge is 2.31. The molecule has 2 atom stereocenters. The molecule has 4 rings (SSSR count). The molecule has 0 saturated carbocycles. The molecule has 0 radical (unpaired) electrons. The molecule has 1 aliphatic rings. The number of rotatable bonds is 5. The molecular formula is C23H21FN2O4S. The quantitative estimate of drug-likeness (QED) is 0.599. The highest BCUT2D eigenvalue weighted by molar-refractivity contribution is 7.92. The molecule has 2 unspecified atom stereocenters. The summed E-state index contributed by atoms with van der Waals surface area (Å²) in [5, 5.41) is 2.72. The number of fused-ring (bicyclic) bond motifs is 1. The first-order valence-electron chi connectivity index (χ1n) is 9.74. The van der Waals surface area contributed by atoms with E-state index in [2.05, 4.69) is 10.0 Å². The normalized spacial score (nSPS) is 17.5. The number of sulfonamides is 1. The molecule has 0 fully saturated rings. The van der Waals surface area contributed by atoms with Crippen molar-refractivity contribution >= 4 is 27.3 Å². The summed E-state index contributed by atoms with van der Waals surface area (Å²) in [6, 6.07) is 16.6. The lowest BCUT2D eigenvalue weighted by Crippen LogP contribution is -2.16. The Morgan fingerprint density at radius 2 is 1.74 bits per heavy atom. The van der Waals surface area contributed by atoms with Crippen molar-refractivity contribution in [3.8, 4) is 5.75 Å². The molecule has 3 aromatic carbocycles. The van der Waals surface area contributed by atoms with Gasteiger partial charge in [-0.3, -0.25) is 9.52 Å². The highest BCUT2D eigenvalue weighted by Crippen LogP contribution is 2.40. The van der Waals surface area contributed by atoms with Crippen molar-refractivity contribution in [1.29, 1.82) is 0 Å². The molecule has 1 amide bonds. The van der Waals surface area contributed by atoms with Crippen LogP contribution in [0, 0.1) is 5.82 Å². The lowest BCUT2D eigenvalue weighted by molar-refractivity contribution is 0.102. The summed E-state index contributed by atoms with van der Waals surface area (Å²) in [6.45, 7) is 3.98. The van der Waals surface area contributed by atoms with Gasteiger partial charge in [-0.25, -0.2) is 12.8 Å². The second-order valence-electron chi connectivity index (χ2n) is 7.40. The van der Waals surface area contributed by atoms with E-state index in [4.69, 9.17) is 4.74 Å². The first-order valence-corrected chi connectivity index (χ1v) is 11.2. The Morgan fingerprint density at radius 3 is 2.52 bits per heavy atom. The number of carbonyl (C=O) groups excluding carboxylic acids is 1. The van der Waals surface area contributed by atoms with Gasteiger partial charge in [-0.1, -0.05) is 37.3 Å². The molecular weight excluding hydrogens is 419 g/mol. The van der Waals surface area contributed by atoms with E-state index >= 15 is 0 Å². The summed E-state index contributed by atoms with van der Waals surface area (Å²) in [7, 11) is -4.05. The number of halogens is 1. The van der Waals surface area contributed by atoms with Crippen LogP contribution in [0.3, 0.4) is 0 Å². The van der Waals surface area contributed by atoms with Crippen LogP contribution in [0.5, 0.6) is 5.75 Å². The first kappa shape index (κ1) is 20.9. The molecule has 31 heavy (non-hydrogen) atoms. The third-order valence-electron chi connectivity index (χ3n) is 5.31. The Kier molecular flexibility index (Phi) is 5.41. The van der Waals surface area contributed by atoms with Gasteiger partial charge >= 0.3 is 0 Å². The van der Waals surface area contributed by atoms with Gasteiger partial charge < -0.3 is 10.1 Å². The SMILES string of the molecule is CC1Oc2c(C(=O)Nc3cccc(S(=O)(=O)Nc4ccccc4F)c3)cccc2C1C. The van der Waals surface area contributed by atoms with E-state index in [0.29, 0.717) is 11.3 Å². The van der Waals surface area contributed by atoms with Crippen molar-refractivity contribution in [2.45, 2.75) is 30.8 Å². The average Bonchev–Trinajstić information content (AvgIpc) is 3.04. The van der Waals surface area contributed by atoms with Gasteiger partial charge in [-0.2, -0.15) is 0 Å². The topological polar surface area (TPSA) is 84.5 Å². The zero-order valence-electron chi connectivity index (χ0n) is 16.9. The van der Waals surface area contributed by atoms with Crippen molar-refractivity contribution in [2.24, 2.45) is 0 Å². The molecule has 0 aliphatic carbocycles. The van der Waals surface area contributed by atoms with Crippen LogP contribution in [0.1, 0.15) is 35.7 Å². The monoisotopic (exact) mass is 440 g/mol. The molecule has 0 bridgehead atoms. The second-order valence-corrected chi connectivity index (χ2v) is 9.09. The summed E-state index contributed by atoms with van der Waals surface area (Å²) in [5.41, 5.74) is 1.48. The summed E-state index contributed by atoms with van der Waals surface area (Å²) in [6.07, 6.45) is -0.0399. The van der Waals surface area contributed by atoms with E-state index in [1.54, 1.807) is 18.2 Å². The molecule has 0 spiro atoms. The van der Waals surface area contributed by atoms with Crippen molar-refractivity contribution in [1.82, 2.24) is 0 Å². The highest BCUT2D eigenvalue weighted by atomic mass is 32.2. The number of amides is 1. The maximum atomic E-state index is 13.8. The van der Waals surface area contributed by atoms with Crippen LogP contribution in [0.15, 0.2) is 71.6 Å². The van der Waals surface area contributed by atoms with Crippen LogP contribution in [0.25, 0.3) is 0 Å². The molecule has 6 nitrogen and oxygen atoms in total. The summed E-state index contributed by atoms with van der Waals surface area (Å²) in [5.74, 6) is -0.377. The van der Waals surface area contributed by atoms with Gasteiger partial charge in [0, 0.05) is 17.2 Å². The van der Waals surface area contributed by atoms with Crippen LogP contribution in [0.4, 0.5) is 15.8 Å². The average molecular weight is 440 g/mol. The third-order valence-corrected chi connectivity index (χ3v) is 6.67. The standard InChI is InChI=1S/C23H21FN2O4S/c1-14-15(2)30-22-18(14)9-6-10-19(22)23(27)25-16-7-5-8-17(13-16)31(28,29)26-21-12-4-3-11-20(21)24/h3-15,26H,1-2H3,(H,25,27). The van der Waals surface area contributed by atoms with Crippen molar-refractivity contribution in [2.75, 3.05) is 10.0 Å². The van der Waals surface area contributed by atoms with E-state index in [0.717, 1.165) is 11.6 Å². The van der Waals surface area contributed by atoms with Gasteiger partial charge in [0.1, 0.15) is 17.7 Å². The van der Waals surface area contributed by atoms with Crippen molar-refractivity contribution < 1.29 is 22.3 Å². The molecule has 0 aromatic heterocycles. The molecule has 0 saturated heterocycles. The van der Waals surface area contributed by atoms with E-state index in [1.165, 1.54) is 36.4 Å². The Labute approximate surface area is 180 Å². The fraction of sp³-hybridized carbons (Fsp3) is 0.174. The van der Waals surface area contributed by atoms with Crippen LogP contribution >= 0.6 is 0 Å². The number of anilines is 2. The van der Waals surface area contributed by atoms with Gasteiger partial charge in [-0.15, -0.1) is 0 Å². The molecule has 8 heteroatoms. The largest absolute Gasteiger partial charge is 0.489 e. The number of carbonyl (C=O) groups is 1. The van der Waals surface area contributed by atoms with Gasteiger partial charge in [0.2, 0.25) is 0 Å². The molecule has 3 aromatic rings. The minimum Gasteiger partial charge on any atom is -0.489 e. The first-order chi connectivity index (χ1) is 14.8. The lowest BCUT2D eigenvalue weighted by atomic mass is 9.97. The van der Waals surface area contributed by atoms with E-state index in [-0.39, 0.29) is 28.3 Å². The van der Waals surface area contributed by atoms with Crippen molar-refractivity contribution in [3.05, 3.63) is 83.7 Å². The Hall–Kier alpha value is -3.39. The summed E-state index contributed by atoms with van der Waals surface area (Å²) in [4.78, 5) is 12.8. The fourth-order valence-corrected chi connectivity index (χ4v) is 4.56. The van der Waals surface area contributed by atoms with Crippen LogP contribution in [-0.4, -0.2) is 20.4 Å². The number of ether oxygens (including phenoxy) is 1. The van der Waals surface area contributed by atoms with Crippen LogP contribution < -0.4 is 14.8 Å². The number of hydrogen-bond donors (Lipinski definition) is 2. The number of para-hydroxylation sites is 2. The van der Waals surface area contributed by atoms with Crippen LogP contribution in [0.2, 0.25) is 0 Å². The van der Waals surface area contributed by atoms with E-state index < -0.39 is 21.7 Å². The maximum Gasteiger partial charge on any atom is 0.262 e. The van der Waals surface area contributed by atoms with E-state index in [1.807, 2.05) is 19.9 Å². The predicted octanol–water partition coefficient (Wildman–Crippen LogP) is 4.76. The summed E-state index contributed by atoms with van der Waals surface area (Å²) >= 11 is 0. The molecule has 1 aliphatic heterocycles. The zero-order valence-corrected chi connectivity index (χ0v) is 17.7. The minimum atomic E-state index is -4.05. The van der Waals surface area contributed by atoms with Gasteiger partial charge in [0.25, 0.3) is 15.9 Å². The van der Waals surface area contributed by atoms with Gasteiger partial charge in [0.05, 0.1) is 16.1 Å². The third kappa shape index (κ3) is 4.11. The fourth-order valence-electron chi connectivity index (χ4n) is 3.45. The molecule has 160 valence electrons. The maximum absolute atomic E-state index is 13.8. The van der Waals surface area contributed by atoms with Gasteiger partial charge in [-0.05, 0) is 43.3 Å². The van der Waals surface area contributed by atoms with E-state index in [9.17, 15) is 17.6 Å². The number of hydrogen-bond acceptors (Lipinski definition) is 4. The second kappa shape index (κ2) is 8.03.